The molecule has 0 aliphatic heterocycles. The Bertz CT molecular complexity index is 640. The van der Waals surface area contributed by atoms with Gasteiger partial charge in [-0.2, -0.15) is 0 Å². The summed E-state index contributed by atoms with van der Waals surface area (Å²) in [6.07, 6.45) is -0.604. The van der Waals surface area contributed by atoms with Gasteiger partial charge in [-0.3, -0.25) is 4.79 Å². The van der Waals surface area contributed by atoms with E-state index in [1.807, 2.05) is 32.0 Å². The number of carbonyl (C=O) groups is 1. The second-order valence-corrected chi connectivity index (χ2v) is 5.70. The van der Waals surface area contributed by atoms with Gasteiger partial charge in [-0.25, -0.2) is 0 Å². The lowest BCUT2D eigenvalue weighted by molar-refractivity contribution is -0.127. The fourth-order valence-electron chi connectivity index (χ4n) is 1.76. The minimum Gasteiger partial charge on any atom is -0.480 e. The monoisotopic (exact) mass is 352 g/mol. The van der Waals surface area contributed by atoms with E-state index in [1.54, 1.807) is 13.0 Å². The maximum Gasteiger partial charge on any atom is 0.261 e. The molecule has 0 radical (unpaired) electrons. The SMILES string of the molecule is Cc1ccc(OC(C)C(=O)NCc2cc(C)no2)c(Br)c1. The first kappa shape index (κ1) is 15.6. The number of carbonyl (C=O) groups excluding carboxylic acids is 1. The molecule has 0 saturated carbocycles. The van der Waals surface area contributed by atoms with Crippen molar-refractivity contribution >= 4 is 21.8 Å². The van der Waals surface area contributed by atoms with Gasteiger partial charge < -0.3 is 14.6 Å². The van der Waals surface area contributed by atoms with Gasteiger partial charge in [0.15, 0.2) is 11.9 Å². The van der Waals surface area contributed by atoms with Crippen molar-refractivity contribution in [3.63, 3.8) is 0 Å². The number of ether oxygens (including phenoxy) is 1. The van der Waals surface area contributed by atoms with Crippen molar-refractivity contribution in [3.05, 3.63) is 45.8 Å². The topological polar surface area (TPSA) is 64.4 Å². The Hall–Kier alpha value is -1.82. The highest BCUT2D eigenvalue weighted by Gasteiger charge is 2.16. The maximum absolute atomic E-state index is 12.0. The predicted molar refractivity (Wildman–Crippen MR) is 82.1 cm³/mol. The molecule has 1 atom stereocenters. The van der Waals surface area contributed by atoms with Crippen LogP contribution in [0.15, 0.2) is 33.3 Å². The summed E-state index contributed by atoms with van der Waals surface area (Å²) in [5.41, 5.74) is 1.90. The molecule has 2 aromatic rings. The quantitative estimate of drug-likeness (QED) is 0.897. The molecular formula is C15H17BrN2O3. The van der Waals surface area contributed by atoms with Crippen LogP contribution in [0.25, 0.3) is 0 Å². The lowest BCUT2D eigenvalue weighted by Crippen LogP contribution is -2.35. The highest BCUT2D eigenvalue weighted by molar-refractivity contribution is 9.10. The minimum atomic E-state index is -0.604. The van der Waals surface area contributed by atoms with E-state index in [0.29, 0.717) is 18.1 Å². The van der Waals surface area contributed by atoms with Gasteiger partial charge in [0.25, 0.3) is 5.91 Å². The van der Waals surface area contributed by atoms with Gasteiger partial charge in [-0.05, 0) is 54.4 Å². The van der Waals surface area contributed by atoms with Crippen molar-refractivity contribution in [2.24, 2.45) is 0 Å². The summed E-state index contributed by atoms with van der Waals surface area (Å²) >= 11 is 3.42. The van der Waals surface area contributed by atoms with Crippen LogP contribution in [0.3, 0.4) is 0 Å². The molecule has 21 heavy (non-hydrogen) atoms. The van der Waals surface area contributed by atoms with Crippen LogP contribution in [0, 0.1) is 13.8 Å². The first-order valence-electron chi connectivity index (χ1n) is 6.58. The molecule has 1 N–H and O–H groups in total. The van der Waals surface area contributed by atoms with Crippen LogP contribution in [0.5, 0.6) is 5.75 Å². The number of rotatable bonds is 5. The van der Waals surface area contributed by atoms with E-state index < -0.39 is 6.10 Å². The van der Waals surface area contributed by atoms with Gasteiger partial charge in [-0.1, -0.05) is 11.2 Å². The average molecular weight is 353 g/mol. The van der Waals surface area contributed by atoms with Crippen LogP contribution >= 0.6 is 15.9 Å². The Morgan fingerprint density at radius 2 is 2.19 bits per heavy atom. The molecule has 0 bridgehead atoms. The Morgan fingerprint density at radius 1 is 1.43 bits per heavy atom. The van der Waals surface area contributed by atoms with E-state index in [2.05, 4.69) is 26.4 Å². The van der Waals surface area contributed by atoms with E-state index in [4.69, 9.17) is 9.26 Å². The highest BCUT2D eigenvalue weighted by atomic mass is 79.9. The zero-order valence-corrected chi connectivity index (χ0v) is 13.7. The smallest absolute Gasteiger partial charge is 0.261 e. The zero-order chi connectivity index (χ0) is 15.4. The highest BCUT2D eigenvalue weighted by Crippen LogP contribution is 2.26. The third-order valence-electron chi connectivity index (χ3n) is 2.87. The standard InChI is InChI=1S/C15H17BrN2O3/c1-9-4-5-14(13(16)6-9)20-11(3)15(19)17-8-12-7-10(2)18-21-12/h4-7,11H,8H2,1-3H3,(H,17,19). The average Bonchev–Trinajstić information content (AvgIpc) is 2.85. The van der Waals surface area contributed by atoms with Crippen LogP contribution < -0.4 is 10.1 Å². The normalized spacial score (nSPS) is 12.0. The first-order chi connectivity index (χ1) is 9.95. The van der Waals surface area contributed by atoms with Gasteiger partial charge in [-0.15, -0.1) is 0 Å². The molecule has 1 unspecified atom stereocenters. The molecule has 0 spiro atoms. The van der Waals surface area contributed by atoms with E-state index in [1.165, 1.54) is 0 Å². The Labute approximate surface area is 131 Å². The third-order valence-corrected chi connectivity index (χ3v) is 3.49. The molecule has 6 heteroatoms. The second-order valence-electron chi connectivity index (χ2n) is 4.85. The number of hydrogen-bond donors (Lipinski definition) is 1. The molecule has 0 aliphatic rings. The van der Waals surface area contributed by atoms with Crippen molar-refractivity contribution < 1.29 is 14.1 Å². The number of aryl methyl sites for hydroxylation is 2. The van der Waals surface area contributed by atoms with Gasteiger partial charge in [0.2, 0.25) is 0 Å². The van der Waals surface area contributed by atoms with Gasteiger partial charge >= 0.3 is 0 Å². The molecular weight excluding hydrogens is 336 g/mol. The van der Waals surface area contributed by atoms with Crippen molar-refractivity contribution in [1.29, 1.82) is 0 Å². The summed E-state index contributed by atoms with van der Waals surface area (Å²) in [4.78, 5) is 12.0. The maximum atomic E-state index is 12.0. The number of aromatic nitrogens is 1. The lowest BCUT2D eigenvalue weighted by atomic mass is 10.2. The fourth-order valence-corrected chi connectivity index (χ4v) is 2.35. The number of benzene rings is 1. The van der Waals surface area contributed by atoms with E-state index in [-0.39, 0.29) is 5.91 Å². The molecule has 1 aromatic carbocycles. The largest absolute Gasteiger partial charge is 0.480 e. The summed E-state index contributed by atoms with van der Waals surface area (Å²) in [5.74, 6) is 1.04. The molecule has 0 aliphatic carbocycles. The first-order valence-corrected chi connectivity index (χ1v) is 7.37. The number of hydrogen-bond acceptors (Lipinski definition) is 4. The van der Waals surface area contributed by atoms with Crippen LogP contribution in [-0.4, -0.2) is 17.2 Å². The number of halogens is 1. The zero-order valence-electron chi connectivity index (χ0n) is 12.1. The van der Waals surface area contributed by atoms with Crippen molar-refractivity contribution in [3.8, 4) is 5.75 Å². The van der Waals surface area contributed by atoms with Gasteiger partial charge in [0, 0.05) is 6.07 Å². The summed E-state index contributed by atoms with van der Waals surface area (Å²) in [5, 5.41) is 6.51. The van der Waals surface area contributed by atoms with Crippen LogP contribution in [-0.2, 0) is 11.3 Å². The second kappa shape index (κ2) is 6.76. The molecule has 5 nitrogen and oxygen atoms in total. The van der Waals surface area contributed by atoms with Crippen LogP contribution in [0.2, 0.25) is 0 Å². The molecule has 1 aromatic heterocycles. The molecule has 2 rings (SSSR count). The summed E-state index contributed by atoms with van der Waals surface area (Å²) in [7, 11) is 0. The molecule has 1 heterocycles. The van der Waals surface area contributed by atoms with E-state index in [9.17, 15) is 4.79 Å². The lowest BCUT2D eigenvalue weighted by Gasteiger charge is -2.15. The molecule has 0 fully saturated rings. The molecule has 0 saturated heterocycles. The molecule has 112 valence electrons. The summed E-state index contributed by atoms with van der Waals surface area (Å²) in [6.45, 7) is 5.81. The van der Waals surface area contributed by atoms with Gasteiger partial charge in [0.1, 0.15) is 5.75 Å². The Kier molecular flexibility index (Phi) is 5.01. The number of nitrogens with one attached hydrogen (secondary N) is 1. The minimum absolute atomic E-state index is 0.212. The van der Waals surface area contributed by atoms with Crippen LogP contribution in [0.4, 0.5) is 0 Å². The van der Waals surface area contributed by atoms with Crippen LogP contribution in [0.1, 0.15) is 23.9 Å². The van der Waals surface area contributed by atoms with Crippen molar-refractivity contribution in [2.75, 3.05) is 0 Å². The Balaban J connectivity index is 1.90. The third kappa shape index (κ3) is 4.32. The van der Waals surface area contributed by atoms with Crippen molar-refractivity contribution in [2.45, 2.75) is 33.4 Å². The number of nitrogens with zero attached hydrogens (tertiary/aromatic N) is 1. The van der Waals surface area contributed by atoms with Crippen molar-refractivity contribution in [1.82, 2.24) is 10.5 Å². The summed E-state index contributed by atoms with van der Waals surface area (Å²) in [6, 6.07) is 7.49. The van der Waals surface area contributed by atoms with E-state index >= 15 is 0 Å². The predicted octanol–water partition coefficient (Wildman–Crippen LogP) is 3.14. The number of amides is 1. The van der Waals surface area contributed by atoms with E-state index in [0.717, 1.165) is 15.7 Å². The fraction of sp³-hybridized carbons (Fsp3) is 0.333. The molecule has 1 amide bonds. The Morgan fingerprint density at radius 3 is 2.81 bits per heavy atom. The summed E-state index contributed by atoms with van der Waals surface area (Å²) < 4.78 is 11.5. The van der Waals surface area contributed by atoms with Gasteiger partial charge in [0.05, 0.1) is 16.7 Å².